The average Bonchev–Trinajstić information content (AvgIpc) is 2.98. The van der Waals surface area contributed by atoms with E-state index in [2.05, 4.69) is 27.7 Å². The number of nitrogens with zero attached hydrogens (tertiary/aromatic N) is 3. The second kappa shape index (κ2) is 4.31. The van der Waals surface area contributed by atoms with Gasteiger partial charge < -0.3 is 0 Å². The highest BCUT2D eigenvalue weighted by Gasteiger charge is 2.22. The van der Waals surface area contributed by atoms with Gasteiger partial charge in [0.2, 0.25) is 11.9 Å². The standard InChI is InChI=1S/C12H16N4O/c17-11(9-5-1-2-6-9)13-12-15-14-10-7-3-4-8-16(10)12/h1-2,9H,3-8H2,(H,13,15,17). The number of hydrogen-bond donors (Lipinski definition) is 1. The zero-order valence-electron chi connectivity index (χ0n) is 9.72. The van der Waals surface area contributed by atoms with Crippen molar-refractivity contribution in [2.75, 3.05) is 5.32 Å². The second-order valence-corrected chi connectivity index (χ2v) is 4.68. The minimum atomic E-state index is 0.0655. The first kappa shape index (κ1) is 10.5. The molecule has 3 rings (SSSR count). The van der Waals surface area contributed by atoms with Gasteiger partial charge in [-0.15, -0.1) is 10.2 Å². The van der Waals surface area contributed by atoms with Crippen LogP contribution in [-0.2, 0) is 17.8 Å². The number of hydrogen-bond acceptors (Lipinski definition) is 3. The van der Waals surface area contributed by atoms with Gasteiger partial charge in [-0.25, -0.2) is 0 Å². The van der Waals surface area contributed by atoms with Crippen LogP contribution in [0.15, 0.2) is 12.2 Å². The first-order valence-electron chi connectivity index (χ1n) is 6.22. The van der Waals surface area contributed by atoms with Crippen LogP contribution in [0.25, 0.3) is 0 Å². The zero-order chi connectivity index (χ0) is 11.7. The molecular formula is C12H16N4O. The summed E-state index contributed by atoms with van der Waals surface area (Å²) in [6.45, 7) is 0.918. The first-order valence-corrected chi connectivity index (χ1v) is 6.22. The maximum atomic E-state index is 12.0. The van der Waals surface area contributed by atoms with Crippen LogP contribution in [0.3, 0.4) is 0 Å². The predicted octanol–water partition coefficient (Wildman–Crippen LogP) is 1.52. The molecule has 0 spiro atoms. The molecule has 0 radical (unpaired) electrons. The minimum absolute atomic E-state index is 0.0655. The van der Waals surface area contributed by atoms with E-state index in [9.17, 15) is 4.79 Å². The van der Waals surface area contributed by atoms with Crippen molar-refractivity contribution in [3.05, 3.63) is 18.0 Å². The van der Waals surface area contributed by atoms with E-state index in [1.807, 2.05) is 4.57 Å². The van der Waals surface area contributed by atoms with Gasteiger partial charge in [0.05, 0.1) is 0 Å². The lowest BCUT2D eigenvalue weighted by molar-refractivity contribution is -0.119. The number of anilines is 1. The highest BCUT2D eigenvalue weighted by atomic mass is 16.2. The summed E-state index contributed by atoms with van der Waals surface area (Å²) in [6.07, 6.45) is 9.07. The third-order valence-electron chi connectivity index (χ3n) is 3.47. The molecule has 5 heteroatoms. The summed E-state index contributed by atoms with van der Waals surface area (Å²) in [5.74, 6) is 1.76. The van der Waals surface area contributed by atoms with Crippen LogP contribution in [0.1, 0.15) is 31.5 Å². The number of fused-ring (bicyclic) bond motifs is 1. The summed E-state index contributed by atoms with van der Waals surface area (Å²) in [4.78, 5) is 12.0. The first-order chi connectivity index (χ1) is 8.34. The van der Waals surface area contributed by atoms with Gasteiger partial charge in [0.25, 0.3) is 0 Å². The summed E-state index contributed by atoms with van der Waals surface area (Å²) in [5.41, 5.74) is 0. The van der Waals surface area contributed by atoms with E-state index in [-0.39, 0.29) is 11.8 Å². The van der Waals surface area contributed by atoms with Crippen LogP contribution in [0.2, 0.25) is 0 Å². The molecule has 1 N–H and O–H groups in total. The third-order valence-corrected chi connectivity index (χ3v) is 3.47. The van der Waals surface area contributed by atoms with Crippen molar-refractivity contribution in [3.8, 4) is 0 Å². The number of nitrogens with one attached hydrogen (secondary N) is 1. The lowest BCUT2D eigenvalue weighted by atomic mass is 10.1. The highest BCUT2D eigenvalue weighted by Crippen LogP contribution is 2.21. The Hall–Kier alpha value is -1.65. The lowest BCUT2D eigenvalue weighted by Gasteiger charge is -2.15. The van der Waals surface area contributed by atoms with Crippen molar-refractivity contribution in [1.82, 2.24) is 14.8 Å². The zero-order valence-corrected chi connectivity index (χ0v) is 9.72. The van der Waals surface area contributed by atoms with E-state index in [0.29, 0.717) is 5.95 Å². The molecule has 0 saturated carbocycles. The smallest absolute Gasteiger partial charge is 0.231 e. The van der Waals surface area contributed by atoms with Crippen LogP contribution in [0.5, 0.6) is 0 Å². The Morgan fingerprint density at radius 2 is 2.12 bits per heavy atom. The van der Waals surface area contributed by atoms with Crippen LogP contribution in [-0.4, -0.2) is 20.7 Å². The van der Waals surface area contributed by atoms with Crippen molar-refractivity contribution in [2.24, 2.45) is 5.92 Å². The summed E-state index contributed by atoms with van der Waals surface area (Å²) in [7, 11) is 0. The van der Waals surface area contributed by atoms with Crippen molar-refractivity contribution in [1.29, 1.82) is 0 Å². The molecule has 2 aliphatic rings. The molecule has 0 saturated heterocycles. The Morgan fingerprint density at radius 3 is 2.94 bits per heavy atom. The van der Waals surface area contributed by atoms with E-state index in [1.165, 1.54) is 6.42 Å². The number of aryl methyl sites for hydroxylation is 1. The maximum Gasteiger partial charge on any atom is 0.231 e. The molecule has 0 aromatic carbocycles. The Balaban J connectivity index is 1.72. The molecule has 1 aromatic heterocycles. The Kier molecular flexibility index (Phi) is 2.66. The van der Waals surface area contributed by atoms with Gasteiger partial charge in [-0.05, 0) is 25.7 Å². The number of amides is 1. The Labute approximate surface area is 99.9 Å². The van der Waals surface area contributed by atoms with Crippen LogP contribution < -0.4 is 5.32 Å². The topological polar surface area (TPSA) is 59.8 Å². The molecule has 1 amide bonds. The molecule has 2 heterocycles. The van der Waals surface area contributed by atoms with Gasteiger partial charge in [0, 0.05) is 18.9 Å². The SMILES string of the molecule is O=C(Nc1nnc2n1CCCC2)C1CC=CC1. The van der Waals surface area contributed by atoms with Crippen molar-refractivity contribution < 1.29 is 4.79 Å². The van der Waals surface area contributed by atoms with Crippen molar-refractivity contribution in [2.45, 2.75) is 38.6 Å². The minimum Gasteiger partial charge on any atom is -0.297 e. The molecule has 90 valence electrons. The monoisotopic (exact) mass is 232 g/mol. The molecule has 1 aromatic rings. The Bertz CT molecular complexity index is 455. The van der Waals surface area contributed by atoms with Gasteiger partial charge in [0.15, 0.2) is 0 Å². The highest BCUT2D eigenvalue weighted by molar-refractivity contribution is 5.91. The molecule has 5 nitrogen and oxygen atoms in total. The normalized spacial score (nSPS) is 19.3. The summed E-state index contributed by atoms with van der Waals surface area (Å²) in [6, 6.07) is 0. The maximum absolute atomic E-state index is 12.0. The van der Waals surface area contributed by atoms with E-state index >= 15 is 0 Å². The number of allylic oxidation sites excluding steroid dienone is 2. The quantitative estimate of drug-likeness (QED) is 0.786. The van der Waals surface area contributed by atoms with E-state index < -0.39 is 0 Å². The Morgan fingerprint density at radius 1 is 1.29 bits per heavy atom. The molecule has 17 heavy (non-hydrogen) atoms. The largest absolute Gasteiger partial charge is 0.297 e. The fourth-order valence-electron chi connectivity index (χ4n) is 2.44. The third kappa shape index (κ3) is 1.97. The molecular weight excluding hydrogens is 216 g/mol. The predicted molar refractivity (Wildman–Crippen MR) is 63.5 cm³/mol. The second-order valence-electron chi connectivity index (χ2n) is 4.68. The molecule has 1 aliphatic carbocycles. The van der Waals surface area contributed by atoms with E-state index in [4.69, 9.17) is 0 Å². The van der Waals surface area contributed by atoms with Gasteiger partial charge in [-0.1, -0.05) is 12.2 Å². The summed E-state index contributed by atoms with van der Waals surface area (Å²) >= 11 is 0. The number of carbonyl (C=O) groups excluding carboxylic acids is 1. The van der Waals surface area contributed by atoms with Crippen molar-refractivity contribution >= 4 is 11.9 Å². The molecule has 1 aliphatic heterocycles. The average molecular weight is 232 g/mol. The van der Waals surface area contributed by atoms with Crippen LogP contribution >= 0.6 is 0 Å². The van der Waals surface area contributed by atoms with Crippen LogP contribution in [0.4, 0.5) is 5.95 Å². The molecule has 0 unspecified atom stereocenters. The van der Waals surface area contributed by atoms with Crippen molar-refractivity contribution in [3.63, 3.8) is 0 Å². The van der Waals surface area contributed by atoms with Gasteiger partial charge in [0.1, 0.15) is 5.82 Å². The van der Waals surface area contributed by atoms with Crippen LogP contribution in [0, 0.1) is 5.92 Å². The summed E-state index contributed by atoms with van der Waals surface area (Å²) in [5, 5.41) is 11.1. The molecule has 0 atom stereocenters. The fourth-order valence-corrected chi connectivity index (χ4v) is 2.44. The number of carbonyl (C=O) groups is 1. The molecule has 0 fully saturated rings. The van der Waals surface area contributed by atoms with Gasteiger partial charge in [-0.2, -0.15) is 0 Å². The van der Waals surface area contributed by atoms with E-state index in [1.54, 1.807) is 0 Å². The van der Waals surface area contributed by atoms with E-state index in [0.717, 1.165) is 38.1 Å². The number of rotatable bonds is 2. The molecule has 0 bridgehead atoms. The summed E-state index contributed by atoms with van der Waals surface area (Å²) < 4.78 is 2.03. The number of aromatic nitrogens is 3. The van der Waals surface area contributed by atoms with Gasteiger partial charge in [-0.3, -0.25) is 14.7 Å². The lowest BCUT2D eigenvalue weighted by Crippen LogP contribution is -2.24. The van der Waals surface area contributed by atoms with Gasteiger partial charge >= 0.3 is 0 Å². The fraction of sp³-hybridized carbons (Fsp3) is 0.583.